The summed E-state index contributed by atoms with van der Waals surface area (Å²) in [6.45, 7) is 3.73. The van der Waals surface area contributed by atoms with Crippen molar-refractivity contribution < 1.29 is 23.9 Å². The van der Waals surface area contributed by atoms with Crippen LogP contribution in [0.4, 0.5) is 11.4 Å². The van der Waals surface area contributed by atoms with Crippen LogP contribution in [0.15, 0.2) is 72.8 Å². The van der Waals surface area contributed by atoms with Gasteiger partial charge in [-0.2, -0.15) is 0 Å². The third kappa shape index (κ3) is 4.58. The van der Waals surface area contributed by atoms with Gasteiger partial charge >= 0.3 is 0 Å². The second-order valence-corrected chi connectivity index (χ2v) is 9.21. The predicted molar refractivity (Wildman–Crippen MR) is 139 cm³/mol. The van der Waals surface area contributed by atoms with Crippen molar-refractivity contribution in [2.24, 2.45) is 0 Å². The molecule has 2 aliphatic rings. The lowest BCUT2D eigenvalue weighted by Gasteiger charge is -2.33. The lowest BCUT2D eigenvalue weighted by atomic mass is 10.1. The minimum atomic E-state index is -1.02. The van der Waals surface area contributed by atoms with Crippen LogP contribution < -0.4 is 15.0 Å². The molecule has 0 aromatic heterocycles. The number of hydrogen-bond acceptors (Lipinski definition) is 5. The van der Waals surface area contributed by atoms with Gasteiger partial charge in [0.15, 0.2) is 6.10 Å². The Kier molecular flexibility index (Phi) is 6.48. The van der Waals surface area contributed by atoms with Crippen LogP contribution in [0.5, 0.6) is 5.75 Å². The average Bonchev–Trinajstić information content (AvgIpc) is 3.16. The van der Waals surface area contributed by atoms with Crippen molar-refractivity contribution in [3.63, 3.8) is 0 Å². The molecular weight excluding hydrogens is 470 g/mol. The van der Waals surface area contributed by atoms with Crippen LogP contribution in [0.2, 0.25) is 0 Å². The highest BCUT2D eigenvalue weighted by atomic mass is 16.5. The molecule has 3 aromatic carbocycles. The number of ether oxygens (including phenoxy) is 1. The van der Waals surface area contributed by atoms with E-state index in [4.69, 9.17) is 4.74 Å². The van der Waals surface area contributed by atoms with Crippen molar-refractivity contribution in [1.82, 2.24) is 4.90 Å². The minimum absolute atomic E-state index is 0.150. The van der Waals surface area contributed by atoms with E-state index >= 15 is 0 Å². The number of aryl methyl sites for hydroxylation is 1. The number of nitrogens with zero attached hydrogens (tertiary/aromatic N) is 2. The number of rotatable bonds is 7. The Morgan fingerprint density at radius 1 is 0.946 bits per heavy atom. The van der Waals surface area contributed by atoms with Gasteiger partial charge in [0.2, 0.25) is 5.91 Å². The largest absolute Gasteiger partial charge is 0.479 e. The maximum atomic E-state index is 13.1. The Bertz CT molecular complexity index is 1350. The fourth-order valence-electron chi connectivity index (χ4n) is 4.72. The lowest BCUT2D eigenvalue weighted by Crippen LogP contribution is -2.46. The zero-order valence-electron chi connectivity index (χ0n) is 20.6. The van der Waals surface area contributed by atoms with E-state index in [1.165, 1.54) is 12.5 Å². The van der Waals surface area contributed by atoms with Crippen LogP contribution in [0.1, 0.15) is 46.5 Å². The predicted octanol–water partition coefficient (Wildman–Crippen LogP) is 4.06. The van der Waals surface area contributed by atoms with Crippen molar-refractivity contribution >= 4 is 35.0 Å². The average molecular weight is 498 g/mol. The Morgan fingerprint density at radius 2 is 1.59 bits per heavy atom. The summed E-state index contributed by atoms with van der Waals surface area (Å²) in [5.74, 6) is -1.10. The summed E-state index contributed by atoms with van der Waals surface area (Å²) in [6, 6.07) is 20.6. The number of benzene rings is 3. The summed E-state index contributed by atoms with van der Waals surface area (Å²) in [4.78, 5) is 54.2. The zero-order valence-corrected chi connectivity index (χ0v) is 20.6. The molecular formula is C29H27N3O5. The number of carbonyl (C=O) groups excluding carboxylic acids is 4. The molecule has 0 radical (unpaired) electrons. The molecule has 8 nitrogen and oxygen atoms in total. The normalized spacial score (nSPS) is 17.2. The van der Waals surface area contributed by atoms with Crippen molar-refractivity contribution in [3.8, 4) is 5.75 Å². The first-order valence-corrected chi connectivity index (χ1v) is 12.3. The molecule has 2 heterocycles. The molecule has 0 bridgehead atoms. The van der Waals surface area contributed by atoms with Gasteiger partial charge in [-0.3, -0.25) is 24.1 Å². The number of hydrogen-bond donors (Lipinski definition) is 1. The summed E-state index contributed by atoms with van der Waals surface area (Å²) >= 11 is 0. The van der Waals surface area contributed by atoms with Crippen LogP contribution in [0.25, 0.3) is 0 Å². The molecule has 0 aliphatic carbocycles. The highest BCUT2D eigenvalue weighted by Gasteiger charge is 2.40. The van der Waals surface area contributed by atoms with Crippen LogP contribution >= 0.6 is 0 Å². The Hall–Kier alpha value is -4.46. The summed E-state index contributed by atoms with van der Waals surface area (Å²) in [5.41, 5.74) is 2.78. The number of imide groups is 1. The first kappa shape index (κ1) is 24.2. The van der Waals surface area contributed by atoms with E-state index in [0.29, 0.717) is 23.7 Å². The molecule has 1 N–H and O–H groups in total. The van der Waals surface area contributed by atoms with Gasteiger partial charge in [-0.15, -0.1) is 0 Å². The van der Waals surface area contributed by atoms with Gasteiger partial charge in [0.25, 0.3) is 17.7 Å². The second-order valence-electron chi connectivity index (χ2n) is 9.21. The fourth-order valence-corrected chi connectivity index (χ4v) is 4.72. The number of amides is 4. The van der Waals surface area contributed by atoms with Crippen molar-refractivity contribution in [3.05, 3.63) is 89.5 Å². The second kappa shape index (κ2) is 9.89. The SMILES string of the molecule is CC1Oc2ccc(NC(=O)C(C)N3C(=O)c4ccccc4C3=O)cc2N(CCCc2ccccc2)C1=O. The fraction of sp³-hybridized carbons (Fsp3) is 0.241. The summed E-state index contributed by atoms with van der Waals surface area (Å²) in [7, 11) is 0. The Balaban J connectivity index is 1.31. The van der Waals surface area contributed by atoms with Gasteiger partial charge in [-0.05, 0) is 62.6 Å². The molecule has 188 valence electrons. The van der Waals surface area contributed by atoms with Crippen LogP contribution in [0, 0.1) is 0 Å². The molecule has 4 amide bonds. The smallest absolute Gasteiger partial charge is 0.267 e. The van der Waals surface area contributed by atoms with Gasteiger partial charge < -0.3 is 15.0 Å². The lowest BCUT2D eigenvalue weighted by molar-refractivity contribution is -0.125. The van der Waals surface area contributed by atoms with Crippen molar-refractivity contribution in [1.29, 1.82) is 0 Å². The van der Waals surface area contributed by atoms with E-state index in [1.54, 1.807) is 54.3 Å². The van der Waals surface area contributed by atoms with Gasteiger partial charge in [-0.1, -0.05) is 42.5 Å². The summed E-state index contributed by atoms with van der Waals surface area (Å²) < 4.78 is 5.79. The van der Waals surface area contributed by atoms with Crippen LogP contribution in [-0.2, 0) is 16.0 Å². The van der Waals surface area contributed by atoms with Gasteiger partial charge in [-0.25, -0.2) is 0 Å². The summed E-state index contributed by atoms with van der Waals surface area (Å²) in [5, 5.41) is 2.79. The molecule has 2 aliphatic heterocycles. The molecule has 0 saturated heterocycles. The summed E-state index contributed by atoms with van der Waals surface area (Å²) in [6.07, 6.45) is 0.970. The maximum absolute atomic E-state index is 13.1. The Labute approximate surface area is 214 Å². The van der Waals surface area contributed by atoms with E-state index in [1.807, 2.05) is 18.2 Å². The molecule has 8 heteroatoms. The monoisotopic (exact) mass is 497 g/mol. The van der Waals surface area contributed by atoms with Crippen molar-refractivity contribution in [2.45, 2.75) is 38.8 Å². The molecule has 37 heavy (non-hydrogen) atoms. The third-order valence-electron chi connectivity index (χ3n) is 6.72. The zero-order chi connectivity index (χ0) is 26.1. The number of anilines is 2. The minimum Gasteiger partial charge on any atom is -0.479 e. The van der Waals surface area contributed by atoms with E-state index in [-0.39, 0.29) is 17.0 Å². The van der Waals surface area contributed by atoms with Gasteiger partial charge in [0.05, 0.1) is 16.8 Å². The van der Waals surface area contributed by atoms with E-state index < -0.39 is 29.9 Å². The standard InChI is InChI=1S/C29H27N3O5/c1-18(32-28(35)22-12-6-7-13-23(22)29(32)36)26(33)30-21-14-15-25-24(17-21)31(27(34)19(2)37-25)16-8-11-20-9-4-3-5-10-20/h3-7,9-10,12-15,17-19H,8,11,16H2,1-2H3,(H,30,33). The topological polar surface area (TPSA) is 96.0 Å². The molecule has 2 atom stereocenters. The first-order chi connectivity index (χ1) is 17.8. The highest BCUT2D eigenvalue weighted by Crippen LogP contribution is 2.37. The van der Waals surface area contributed by atoms with Crippen molar-refractivity contribution in [2.75, 3.05) is 16.8 Å². The maximum Gasteiger partial charge on any atom is 0.267 e. The number of fused-ring (bicyclic) bond motifs is 2. The number of nitrogens with one attached hydrogen (secondary N) is 1. The van der Waals surface area contributed by atoms with Crippen LogP contribution in [-0.4, -0.2) is 47.2 Å². The Morgan fingerprint density at radius 3 is 2.27 bits per heavy atom. The first-order valence-electron chi connectivity index (χ1n) is 12.3. The highest BCUT2D eigenvalue weighted by molar-refractivity contribution is 6.23. The molecule has 0 spiro atoms. The molecule has 3 aromatic rings. The molecule has 0 saturated carbocycles. The number of carbonyl (C=O) groups is 4. The van der Waals surface area contributed by atoms with E-state index in [2.05, 4.69) is 17.4 Å². The van der Waals surface area contributed by atoms with E-state index in [9.17, 15) is 19.2 Å². The molecule has 2 unspecified atom stereocenters. The third-order valence-corrected chi connectivity index (χ3v) is 6.72. The molecule has 0 fully saturated rings. The van der Waals surface area contributed by atoms with E-state index in [0.717, 1.165) is 17.7 Å². The van der Waals surface area contributed by atoms with Crippen LogP contribution in [0.3, 0.4) is 0 Å². The molecule has 5 rings (SSSR count). The van der Waals surface area contributed by atoms with Gasteiger partial charge in [0, 0.05) is 12.2 Å². The quantitative estimate of drug-likeness (QED) is 0.497. The van der Waals surface area contributed by atoms with Gasteiger partial charge in [0.1, 0.15) is 11.8 Å².